The van der Waals surface area contributed by atoms with E-state index in [-0.39, 0.29) is 22.7 Å². The van der Waals surface area contributed by atoms with Crippen molar-refractivity contribution in [3.63, 3.8) is 0 Å². The van der Waals surface area contributed by atoms with Gasteiger partial charge in [0.1, 0.15) is 12.2 Å². The van der Waals surface area contributed by atoms with E-state index >= 15 is 0 Å². The van der Waals surface area contributed by atoms with E-state index in [1.807, 2.05) is 0 Å². The number of aromatic nitrogens is 3. The van der Waals surface area contributed by atoms with Crippen molar-refractivity contribution in [3.8, 4) is 0 Å². The van der Waals surface area contributed by atoms with Crippen LogP contribution in [0.4, 0.5) is 5.69 Å². The summed E-state index contributed by atoms with van der Waals surface area (Å²) in [6.07, 6.45) is 1.26. The molecule has 0 aliphatic rings. The SMILES string of the molecule is COC(=O)c1cc(N)ccc1S(=O)(=O)NCc1ncn[nH]1. The summed E-state index contributed by atoms with van der Waals surface area (Å²) in [5.41, 5.74) is 5.69. The third kappa shape index (κ3) is 3.35. The zero-order valence-electron chi connectivity index (χ0n) is 11.0. The monoisotopic (exact) mass is 311 g/mol. The van der Waals surface area contributed by atoms with Gasteiger partial charge in [-0.3, -0.25) is 5.10 Å². The van der Waals surface area contributed by atoms with E-state index in [2.05, 4.69) is 24.6 Å². The van der Waals surface area contributed by atoms with Gasteiger partial charge in [-0.2, -0.15) is 5.10 Å². The number of hydrogen-bond acceptors (Lipinski definition) is 7. The molecule has 1 aromatic heterocycles. The van der Waals surface area contributed by atoms with Crippen LogP contribution in [0.15, 0.2) is 29.4 Å². The number of hydrogen-bond donors (Lipinski definition) is 3. The third-order valence-corrected chi connectivity index (χ3v) is 4.05. The summed E-state index contributed by atoms with van der Waals surface area (Å²) in [6, 6.07) is 3.87. The van der Waals surface area contributed by atoms with Gasteiger partial charge in [0, 0.05) is 5.69 Å². The average molecular weight is 311 g/mol. The van der Waals surface area contributed by atoms with Crippen LogP contribution in [-0.2, 0) is 21.3 Å². The van der Waals surface area contributed by atoms with Crippen molar-refractivity contribution in [2.75, 3.05) is 12.8 Å². The predicted molar refractivity (Wildman–Crippen MR) is 72.6 cm³/mol. The largest absolute Gasteiger partial charge is 0.465 e. The van der Waals surface area contributed by atoms with Gasteiger partial charge in [0.25, 0.3) is 0 Å². The first-order valence-electron chi connectivity index (χ1n) is 5.76. The van der Waals surface area contributed by atoms with Crippen molar-refractivity contribution in [2.24, 2.45) is 0 Å². The lowest BCUT2D eigenvalue weighted by Gasteiger charge is -2.10. The van der Waals surface area contributed by atoms with Crippen LogP contribution in [0.2, 0.25) is 0 Å². The van der Waals surface area contributed by atoms with Gasteiger partial charge in [0.05, 0.1) is 24.1 Å². The number of nitrogens with zero attached hydrogens (tertiary/aromatic N) is 2. The van der Waals surface area contributed by atoms with Crippen LogP contribution in [0.3, 0.4) is 0 Å². The molecule has 0 amide bonds. The van der Waals surface area contributed by atoms with Gasteiger partial charge in [-0.05, 0) is 18.2 Å². The fraction of sp³-hybridized carbons (Fsp3) is 0.182. The number of nitrogens with two attached hydrogens (primary N) is 1. The Kier molecular flexibility index (Phi) is 4.19. The summed E-state index contributed by atoms with van der Waals surface area (Å²) < 4.78 is 31.4. The second kappa shape index (κ2) is 5.89. The van der Waals surface area contributed by atoms with Crippen molar-refractivity contribution in [3.05, 3.63) is 35.9 Å². The number of nitrogen functional groups attached to an aromatic ring is 1. The topological polar surface area (TPSA) is 140 Å². The number of carbonyl (C=O) groups excluding carboxylic acids is 1. The molecule has 2 aromatic rings. The van der Waals surface area contributed by atoms with Crippen molar-refractivity contribution in [2.45, 2.75) is 11.4 Å². The fourth-order valence-corrected chi connectivity index (χ4v) is 2.77. The van der Waals surface area contributed by atoms with Crippen molar-refractivity contribution in [1.29, 1.82) is 0 Å². The number of nitrogens with one attached hydrogen (secondary N) is 2. The molecule has 0 fully saturated rings. The second-order valence-electron chi connectivity index (χ2n) is 4.00. The summed E-state index contributed by atoms with van der Waals surface area (Å²) in [5.74, 6) is -0.448. The maximum absolute atomic E-state index is 12.3. The lowest BCUT2D eigenvalue weighted by atomic mass is 10.2. The Hall–Kier alpha value is -2.46. The van der Waals surface area contributed by atoms with Gasteiger partial charge >= 0.3 is 5.97 Å². The normalized spacial score (nSPS) is 11.3. The van der Waals surface area contributed by atoms with E-state index in [4.69, 9.17) is 5.73 Å². The molecule has 0 saturated heterocycles. The summed E-state index contributed by atoms with van der Waals surface area (Å²) in [6.45, 7) is -0.0900. The molecule has 1 aromatic carbocycles. The summed E-state index contributed by atoms with van der Waals surface area (Å²) >= 11 is 0. The zero-order valence-corrected chi connectivity index (χ0v) is 11.8. The van der Waals surface area contributed by atoms with Crippen LogP contribution in [0.25, 0.3) is 0 Å². The molecule has 0 atom stereocenters. The number of methoxy groups -OCH3 is 1. The van der Waals surface area contributed by atoms with Crippen LogP contribution in [0.5, 0.6) is 0 Å². The minimum absolute atomic E-state index is 0.0900. The number of ether oxygens (including phenoxy) is 1. The molecular weight excluding hydrogens is 298 g/mol. The first-order valence-corrected chi connectivity index (χ1v) is 7.24. The molecule has 0 aliphatic carbocycles. The molecule has 112 valence electrons. The maximum atomic E-state index is 12.3. The minimum Gasteiger partial charge on any atom is -0.465 e. The number of sulfonamides is 1. The van der Waals surface area contributed by atoms with Crippen LogP contribution >= 0.6 is 0 Å². The third-order valence-electron chi connectivity index (χ3n) is 2.59. The highest BCUT2D eigenvalue weighted by Crippen LogP contribution is 2.19. The smallest absolute Gasteiger partial charge is 0.339 e. The number of benzene rings is 1. The Morgan fingerprint density at radius 2 is 2.24 bits per heavy atom. The van der Waals surface area contributed by atoms with Gasteiger partial charge in [0.2, 0.25) is 10.0 Å². The van der Waals surface area contributed by atoms with Gasteiger partial charge in [-0.25, -0.2) is 22.9 Å². The van der Waals surface area contributed by atoms with E-state index in [1.165, 1.54) is 24.5 Å². The number of aromatic amines is 1. The lowest BCUT2D eigenvalue weighted by Crippen LogP contribution is -2.26. The van der Waals surface area contributed by atoms with Crippen LogP contribution in [0, 0.1) is 0 Å². The molecular formula is C11H13N5O4S. The van der Waals surface area contributed by atoms with Gasteiger partial charge in [0.15, 0.2) is 0 Å². The first kappa shape index (κ1) is 14.9. The lowest BCUT2D eigenvalue weighted by molar-refractivity contribution is 0.0596. The van der Waals surface area contributed by atoms with E-state index in [0.717, 1.165) is 7.11 Å². The minimum atomic E-state index is -3.93. The quantitative estimate of drug-likeness (QED) is 0.506. The van der Waals surface area contributed by atoms with E-state index in [0.29, 0.717) is 5.82 Å². The molecule has 0 aliphatic heterocycles. The predicted octanol–water partition coefficient (Wildman–Crippen LogP) is -0.348. The molecule has 1 heterocycles. The average Bonchev–Trinajstić information content (AvgIpc) is 2.97. The molecule has 9 nitrogen and oxygen atoms in total. The standard InChI is InChI=1S/C11H13N5O4S/c1-20-11(17)8-4-7(12)2-3-9(8)21(18,19)15-5-10-13-6-14-16-10/h2-4,6,15H,5,12H2,1H3,(H,13,14,16). The van der Waals surface area contributed by atoms with E-state index < -0.39 is 16.0 Å². The Morgan fingerprint density at radius 1 is 1.48 bits per heavy atom. The van der Waals surface area contributed by atoms with Crippen molar-refractivity contribution >= 4 is 21.7 Å². The van der Waals surface area contributed by atoms with E-state index in [9.17, 15) is 13.2 Å². The summed E-state index contributed by atoms with van der Waals surface area (Å²) in [4.78, 5) is 15.2. The highest BCUT2D eigenvalue weighted by molar-refractivity contribution is 7.89. The maximum Gasteiger partial charge on any atom is 0.339 e. The Labute approximate surface area is 120 Å². The Balaban J connectivity index is 2.33. The zero-order chi connectivity index (χ0) is 15.5. The van der Waals surface area contributed by atoms with E-state index in [1.54, 1.807) is 0 Å². The number of rotatable bonds is 5. The molecule has 10 heteroatoms. The number of anilines is 1. The van der Waals surface area contributed by atoms with Gasteiger partial charge in [-0.15, -0.1) is 0 Å². The molecule has 21 heavy (non-hydrogen) atoms. The molecule has 0 radical (unpaired) electrons. The van der Waals surface area contributed by atoms with Crippen LogP contribution in [-0.4, -0.2) is 36.7 Å². The van der Waals surface area contributed by atoms with Crippen LogP contribution in [0.1, 0.15) is 16.2 Å². The highest BCUT2D eigenvalue weighted by Gasteiger charge is 2.23. The van der Waals surface area contributed by atoms with Crippen molar-refractivity contribution < 1.29 is 17.9 Å². The molecule has 4 N–H and O–H groups in total. The molecule has 2 rings (SSSR count). The molecule has 0 saturated carbocycles. The Bertz CT molecular complexity index is 742. The summed E-state index contributed by atoms with van der Waals surface area (Å²) in [5, 5.41) is 6.12. The number of esters is 1. The van der Waals surface area contributed by atoms with Gasteiger partial charge < -0.3 is 10.5 Å². The van der Waals surface area contributed by atoms with Gasteiger partial charge in [-0.1, -0.05) is 0 Å². The number of carbonyl (C=O) groups is 1. The highest BCUT2D eigenvalue weighted by atomic mass is 32.2. The molecule has 0 spiro atoms. The van der Waals surface area contributed by atoms with Crippen LogP contribution < -0.4 is 10.5 Å². The Morgan fingerprint density at radius 3 is 2.86 bits per heavy atom. The fourth-order valence-electron chi connectivity index (χ4n) is 1.61. The second-order valence-corrected chi connectivity index (χ2v) is 5.74. The first-order chi connectivity index (χ1) is 9.94. The molecule has 0 unspecified atom stereocenters. The summed E-state index contributed by atoms with van der Waals surface area (Å²) in [7, 11) is -2.78. The molecule has 0 bridgehead atoms. The van der Waals surface area contributed by atoms with Crippen molar-refractivity contribution in [1.82, 2.24) is 19.9 Å². The number of H-pyrrole nitrogens is 1.